The first kappa shape index (κ1) is 25.8. The number of sulfonamides is 1. The van der Waals surface area contributed by atoms with Crippen molar-refractivity contribution in [2.45, 2.75) is 81.2 Å². The number of allylic oxidation sites excluding steroid dienone is 4. The number of halogens is 1. The third kappa shape index (κ3) is 4.77. The molecule has 3 atom stereocenters. The molecule has 2 aliphatic carbocycles. The van der Waals surface area contributed by atoms with E-state index < -0.39 is 32.4 Å². The van der Waals surface area contributed by atoms with Crippen molar-refractivity contribution < 1.29 is 17.6 Å². The zero-order valence-corrected chi connectivity index (χ0v) is 21.9. The summed E-state index contributed by atoms with van der Waals surface area (Å²) in [4.78, 5) is 12.7. The summed E-state index contributed by atoms with van der Waals surface area (Å²) < 4.78 is 46.1. The minimum absolute atomic E-state index is 0.0301. The lowest BCUT2D eigenvalue weighted by molar-refractivity contribution is -0.125. The highest BCUT2D eigenvalue weighted by Gasteiger charge is 2.44. The number of hydrogen-bond acceptors (Lipinski definition) is 5. The summed E-state index contributed by atoms with van der Waals surface area (Å²) >= 11 is 0. The molecule has 198 valence electrons. The maximum atomic E-state index is 15.5. The molecule has 1 saturated heterocycles. The molecule has 2 heterocycles. The van der Waals surface area contributed by atoms with Crippen LogP contribution < -0.4 is 5.73 Å². The van der Waals surface area contributed by atoms with Crippen molar-refractivity contribution in [1.29, 1.82) is 0 Å². The Morgan fingerprint density at radius 3 is 2.49 bits per heavy atom. The number of primary amides is 1. The Hall–Kier alpha value is -2.85. The molecule has 3 aliphatic rings. The van der Waals surface area contributed by atoms with Gasteiger partial charge in [0.25, 0.3) is 0 Å². The maximum Gasteiger partial charge on any atom is 0.228 e. The van der Waals surface area contributed by atoms with Gasteiger partial charge in [0.1, 0.15) is 18.5 Å². The third-order valence-corrected chi connectivity index (χ3v) is 11.1. The van der Waals surface area contributed by atoms with Gasteiger partial charge in [-0.05, 0) is 69.4 Å². The smallest absolute Gasteiger partial charge is 0.228 e. The average Bonchev–Trinajstić information content (AvgIpc) is 3.43. The van der Waals surface area contributed by atoms with Gasteiger partial charge >= 0.3 is 0 Å². The van der Waals surface area contributed by atoms with E-state index in [0.29, 0.717) is 49.7 Å². The first-order chi connectivity index (χ1) is 17.7. The second-order valence-corrected chi connectivity index (χ2v) is 12.8. The van der Waals surface area contributed by atoms with Crippen molar-refractivity contribution in [3.8, 4) is 0 Å². The van der Waals surface area contributed by atoms with Crippen LogP contribution in [-0.2, 0) is 26.8 Å². The molecular formula is C27H34FN5O3S. The summed E-state index contributed by atoms with van der Waals surface area (Å²) in [6.45, 7) is 1.85. The number of carbonyl (C=O) groups is 1. The lowest BCUT2D eigenvalue weighted by atomic mass is 9.67. The largest absolute Gasteiger partial charge is 0.369 e. The molecule has 0 bridgehead atoms. The molecule has 2 aromatic rings. The normalized spacial score (nSPS) is 31.8. The number of amides is 1. The van der Waals surface area contributed by atoms with Gasteiger partial charge in [0, 0.05) is 24.2 Å². The fraction of sp³-hybridized carbons (Fsp3) is 0.519. The van der Waals surface area contributed by atoms with Gasteiger partial charge in [0.15, 0.2) is 0 Å². The summed E-state index contributed by atoms with van der Waals surface area (Å²) in [6.07, 6.45) is 15.5. The first-order valence-corrected chi connectivity index (χ1v) is 14.5. The molecule has 1 aromatic carbocycles. The molecule has 1 amide bonds. The Labute approximate surface area is 217 Å². The maximum absolute atomic E-state index is 15.5. The molecule has 0 radical (unpaired) electrons. The number of carbonyl (C=O) groups excluding carboxylic acids is 1. The van der Waals surface area contributed by atoms with Crippen LogP contribution in [0.1, 0.15) is 69.0 Å². The minimum atomic E-state index is -3.62. The van der Waals surface area contributed by atoms with Crippen LogP contribution in [0.2, 0.25) is 0 Å². The van der Waals surface area contributed by atoms with Crippen LogP contribution in [0.15, 0.2) is 55.2 Å². The van der Waals surface area contributed by atoms with Gasteiger partial charge in [-0.3, -0.25) is 4.79 Å². The molecule has 8 nitrogen and oxygen atoms in total. The van der Waals surface area contributed by atoms with Gasteiger partial charge < -0.3 is 10.3 Å². The minimum Gasteiger partial charge on any atom is -0.369 e. The molecule has 1 aliphatic heterocycles. The highest BCUT2D eigenvalue weighted by molar-refractivity contribution is 7.89. The van der Waals surface area contributed by atoms with E-state index in [2.05, 4.69) is 10.2 Å². The first-order valence-electron chi connectivity index (χ1n) is 13.0. The summed E-state index contributed by atoms with van der Waals surface area (Å²) in [5.74, 6) is -1.04. The molecule has 1 saturated carbocycles. The Balaban J connectivity index is 1.36. The van der Waals surface area contributed by atoms with E-state index in [4.69, 9.17) is 5.73 Å². The average molecular weight is 528 g/mol. The van der Waals surface area contributed by atoms with Gasteiger partial charge in [0.2, 0.25) is 15.9 Å². The van der Waals surface area contributed by atoms with Crippen molar-refractivity contribution in [3.05, 3.63) is 72.1 Å². The lowest BCUT2D eigenvalue weighted by Crippen LogP contribution is -2.50. The molecule has 2 N–H and O–H groups in total. The van der Waals surface area contributed by atoms with E-state index in [9.17, 15) is 13.2 Å². The predicted octanol–water partition coefficient (Wildman–Crippen LogP) is 3.77. The molecule has 37 heavy (non-hydrogen) atoms. The number of nitrogens with two attached hydrogens (primary N) is 1. The lowest BCUT2D eigenvalue weighted by Gasteiger charge is -2.40. The van der Waals surface area contributed by atoms with Crippen molar-refractivity contribution >= 4 is 15.9 Å². The van der Waals surface area contributed by atoms with Crippen LogP contribution in [0.3, 0.4) is 0 Å². The summed E-state index contributed by atoms with van der Waals surface area (Å²) in [6, 6.07) is 4.70. The van der Waals surface area contributed by atoms with E-state index in [1.54, 1.807) is 24.8 Å². The predicted molar refractivity (Wildman–Crippen MR) is 138 cm³/mol. The second-order valence-electron chi connectivity index (χ2n) is 10.7. The van der Waals surface area contributed by atoms with Gasteiger partial charge in [-0.1, -0.05) is 36.4 Å². The van der Waals surface area contributed by atoms with Gasteiger partial charge in [-0.15, -0.1) is 10.2 Å². The summed E-state index contributed by atoms with van der Waals surface area (Å²) in [5.41, 5.74) is 5.78. The van der Waals surface area contributed by atoms with Crippen molar-refractivity contribution in [3.63, 3.8) is 0 Å². The Bertz CT molecular complexity index is 1300. The van der Waals surface area contributed by atoms with Gasteiger partial charge in [-0.2, -0.15) is 4.31 Å². The Morgan fingerprint density at radius 2 is 1.86 bits per heavy atom. The monoisotopic (exact) mass is 527 g/mol. The SMILES string of the molecule is CC1CCC(C2C=CC=CC2)S(=O)(=O)N1Cc1ccc(C2(C(N)=O)CCC(n3cnnc3)CC2)cc1F. The summed E-state index contributed by atoms with van der Waals surface area (Å²) in [7, 11) is -3.62. The standard InChI is InChI=1S/C27H34FN5O3S/c1-19-7-10-25(20-5-3-2-4-6-20)37(35,36)33(19)16-21-8-9-22(15-24(21)28)27(26(29)34)13-11-23(12-14-27)32-17-30-31-18-32/h2-5,8-9,15,17-20,23,25H,6-7,10-14,16H2,1H3,(H2,29,34). The van der Waals surface area contributed by atoms with E-state index in [-0.39, 0.29) is 24.5 Å². The molecular weight excluding hydrogens is 493 g/mol. The number of rotatable bonds is 6. The Kier molecular flexibility index (Phi) is 7.06. The van der Waals surface area contributed by atoms with Crippen molar-refractivity contribution in [2.75, 3.05) is 0 Å². The topological polar surface area (TPSA) is 111 Å². The van der Waals surface area contributed by atoms with Crippen LogP contribution >= 0.6 is 0 Å². The number of hydrogen-bond donors (Lipinski definition) is 1. The Morgan fingerprint density at radius 1 is 1.14 bits per heavy atom. The molecule has 1 aromatic heterocycles. The van der Waals surface area contributed by atoms with E-state index >= 15 is 4.39 Å². The molecule has 2 fully saturated rings. The van der Waals surface area contributed by atoms with Gasteiger partial charge in [-0.25, -0.2) is 12.8 Å². The van der Waals surface area contributed by atoms with Crippen molar-refractivity contribution in [1.82, 2.24) is 19.1 Å². The van der Waals surface area contributed by atoms with Gasteiger partial charge in [0.05, 0.1) is 10.7 Å². The third-order valence-electron chi connectivity index (χ3n) is 8.63. The molecule has 3 unspecified atom stereocenters. The van der Waals surface area contributed by atoms with E-state index in [1.807, 2.05) is 35.8 Å². The number of nitrogens with zero attached hydrogens (tertiary/aromatic N) is 4. The van der Waals surface area contributed by atoms with Crippen LogP contribution in [0.25, 0.3) is 0 Å². The van der Waals surface area contributed by atoms with Crippen LogP contribution in [0.5, 0.6) is 0 Å². The fourth-order valence-corrected chi connectivity index (χ4v) is 8.64. The number of aromatic nitrogens is 3. The molecule has 0 spiro atoms. The highest BCUT2D eigenvalue weighted by atomic mass is 32.2. The fourth-order valence-electron chi connectivity index (χ4n) is 6.29. The number of benzene rings is 1. The molecule has 10 heteroatoms. The molecule has 5 rings (SSSR count). The second kappa shape index (κ2) is 10.1. The zero-order chi connectivity index (χ0) is 26.2. The van der Waals surface area contributed by atoms with E-state index in [0.717, 1.165) is 6.42 Å². The van der Waals surface area contributed by atoms with Crippen LogP contribution in [-0.4, -0.2) is 44.7 Å². The van der Waals surface area contributed by atoms with Crippen molar-refractivity contribution in [2.24, 2.45) is 11.7 Å². The highest BCUT2D eigenvalue weighted by Crippen LogP contribution is 2.44. The van der Waals surface area contributed by atoms with Crippen LogP contribution in [0.4, 0.5) is 4.39 Å². The van der Waals surface area contributed by atoms with E-state index in [1.165, 1.54) is 10.4 Å². The van der Waals surface area contributed by atoms with Crippen LogP contribution in [0, 0.1) is 11.7 Å². The quantitative estimate of drug-likeness (QED) is 0.615. The zero-order valence-electron chi connectivity index (χ0n) is 21.0. The summed E-state index contributed by atoms with van der Waals surface area (Å²) in [5, 5.41) is 7.21.